The molecule has 1 aliphatic rings. The standard InChI is InChI=1S/C48H32N4O/c1-48(2)38-19-9-6-15-32(38)36-28-41-37(27-39(36)48)33-16-7-10-20-40(33)52(41)31-25-23-30(24-26-31)46-49-45(29-13-4-3-5-14-29)50-47(51-46)35-18-12-22-43-44(35)34-17-8-11-21-42(34)53-43/h3-28H,1-2H3. The van der Waals surface area contributed by atoms with E-state index < -0.39 is 0 Å². The van der Waals surface area contributed by atoms with Gasteiger partial charge in [0.25, 0.3) is 0 Å². The van der Waals surface area contributed by atoms with Crippen LogP contribution in [0.5, 0.6) is 0 Å². The third-order valence-corrected chi connectivity index (χ3v) is 11.1. The summed E-state index contributed by atoms with van der Waals surface area (Å²) in [6.07, 6.45) is 0. The van der Waals surface area contributed by atoms with Gasteiger partial charge in [-0.1, -0.05) is 117 Å². The van der Waals surface area contributed by atoms with Crippen molar-refractivity contribution in [1.29, 1.82) is 0 Å². The van der Waals surface area contributed by atoms with Gasteiger partial charge in [0.1, 0.15) is 11.2 Å². The summed E-state index contributed by atoms with van der Waals surface area (Å²) in [5.41, 5.74) is 13.2. The average molecular weight is 681 g/mol. The second kappa shape index (κ2) is 11.1. The second-order valence-corrected chi connectivity index (χ2v) is 14.4. The van der Waals surface area contributed by atoms with Crippen LogP contribution in [0.25, 0.3) is 94.7 Å². The van der Waals surface area contributed by atoms with E-state index in [1.807, 2.05) is 60.7 Å². The zero-order valence-electron chi connectivity index (χ0n) is 29.2. The minimum atomic E-state index is -0.0663. The van der Waals surface area contributed by atoms with Crippen LogP contribution in [0.1, 0.15) is 25.0 Å². The summed E-state index contributed by atoms with van der Waals surface area (Å²) in [6.45, 7) is 4.68. The first-order valence-corrected chi connectivity index (χ1v) is 18.0. The number of benzene rings is 7. The van der Waals surface area contributed by atoms with Crippen molar-refractivity contribution < 1.29 is 4.42 Å². The highest BCUT2D eigenvalue weighted by Crippen LogP contribution is 2.51. The van der Waals surface area contributed by atoms with Crippen LogP contribution in [-0.2, 0) is 5.41 Å². The van der Waals surface area contributed by atoms with Gasteiger partial charge >= 0.3 is 0 Å². The molecule has 1 aliphatic carbocycles. The molecular formula is C48H32N4O. The molecule has 0 atom stereocenters. The number of para-hydroxylation sites is 2. The van der Waals surface area contributed by atoms with Crippen molar-refractivity contribution in [2.75, 3.05) is 0 Å². The fourth-order valence-corrected chi connectivity index (χ4v) is 8.50. The summed E-state index contributed by atoms with van der Waals surface area (Å²) in [4.78, 5) is 15.2. The third kappa shape index (κ3) is 4.40. The number of hydrogen-bond donors (Lipinski definition) is 0. The molecule has 10 aromatic rings. The molecule has 7 aromatic carbocycles. The largest absolute Gasteiger partial charge is 0.456 e. The minimum Gasteiger partial charge on any atom is -0.456 e. The van der Waals surface area contributed by atoms with Crippen LogP contribution < -0.4 is 0 Å². The van der Waals surface area contributed by atoms with Gasteiger partial charge in [0.15, 0.2) is 17.5 Å². The van der Waals surface area contributed by atoms with E-state index in [1.165, 1.54) is 44.1 Å². The lowest BCUT2D eigenvalue weighted by atomic mass is 9.82. The molecule has 0 radical (unpaired) electrons. The maximum atomic E-state index is 6.23. The Morgan fingerprint density at radius 2 is 1.09 bits per heavy atom. The second-order valence-electron chi connectivity index (χ2n) is 14.4. The van der Waals surface area contributed by atoms with Crippen LogP contribution in [0.4, 0.5) is 0 Å². The molecule has 53 heavy (non-hydrogen) atoms. The first kappa shape index (κ1) is 29.8. The van der Waals surface area contributed by atoms with Crippen LogP contribution in [-0.4, -0.2) is 19.5 Å². The molecular weight excluding hydrogens is 649 g/mol. The lowest BCUT2D eigenvalue weighted by Gasteiger charge is -2.21. The number of aromatic nitrogens is 4. The SMILES string of the molecule is CC1(C)c2ccccc2-c2cc3c(cc21)c1ccccc1n3-c1ccc(-c2nc(-c3ccccc3)nc(-c3cccc4oc5ccccc5c34)n2)cc1. The molecule has 250 valence electrons. The van der Waals surface area contributed by atoms with Gasteiger partial charge in [-0.15, -0.1) is 0 Å². The monoisotopic (exact) mass is 680 g/mol. The third-order valence-electron chi connectivity index (χ3n) is 11.1. The van der Waals surface area contributed by atoms with Crippen LogP contribution in [0.15, 0.2) is 162 Å². The maximum Gasteiger partial charge on any atom is 0.164 e. The highest BCUT2D eigenvalue weighted by molar-refractivity contribution is 6.12. The zero-order chi connectivity index (χ0) is 35.3. The van der Waals surface area contributed by atoms with Crippen molar-refractivity contribution in [2.24, 2.45) is 0 Å². The van der Waals surface area contributed by atoms with Crippen LogP contribution in [0, 0.1) is 0 Å². The van der Waals surface area contributed by atoms with Crippen molar-refractivity contribution in [3.8, 4) is 51.0 Å². The Morgan fingerprint density at radius 3 is 1.92 bits per heavy atom. The van der Waals surface area contributed by atoms with Crippen LogP contribution in [0.2, 0.25) is 0 Å². The Hall–Kier alpha value is -6.85. The molecule has 0 bridgehead atoms. The molecule has 11 rings (SSSR count). The predicted octanol–water partition coefficient (Wildman–Crippen LogP) is 12.2. The molecule has 0 spiro atoms. The fourth-order valence-electron chi connectivity index (χ4n) is 8.50. The number of hydrogen-bond acceptors (Lipinski definition) is 4. The van der Waals surface area contributed by atoms with E-state index in [-0.39, 0.29) is 5.41 Å². The van der Waals surface area contributed by atoms with E-state index in [1.54, 1.807) is 0 Å². The Kier molecular flexibility index (Phi) is 6.23. The minimum absolute atomic E-state index is 0.0663. The van der Waals surface area contributed by atoms with E-state index in [0.29, 0.717) is 17.5 Å². The smallest absolute Gasteiger partial charge is 0.164 e. The van der Waals surface area contributed by atoms with Gasteiger partial charge in [0, 0.05) is 49.3 Å². The van der Waals surface area contributed by atoms with Gasteiger partial charge in [-0.2, -0.15) is 0 Å². The van der Waals surface area contributed by atoms with Gasteiger partial charge in [-0.3, -0.25) is 0 Å². The number of furan rings is 1. The van der Waals surface area contributed by atoms with Crippen LogP contribution in [0.3, 0.4) is 0 Å². The first-order chi connectivity index (χ1) is 26.0. The van der Waals surface area contributed by atoms with Crippen molar-refractivity contribution in [1.82, 2.24) is 19.5 Å². The van der Waals surface area contributed by atoms with E-state index in [2.05, 4.69) is 115 Å². The summed E-state index contributed by atoms with van der Waals surface area (Å²) in [5.74, 6) is 1.84. The Labute approximate surface area is 305 Å². The Balaban J connectivity index is 1.08. The van der Waals surface area contributed by atoms with Crippen molar-refractivity contribution in [2.45, 2.75) is 19.3 Å². The van der Waals surface area contributed by atoms with Crippen LogP contribution >= 0.6 is 0 Å². The molecule has 3 aromatic heterocycles. The van der Waals surface area contributed by atoms with E-state index >= 15 is 0 Å². The molecule has 0 N–H and O–H groups in total. The van der Waals surface area contributed by atoms with Gasteiger partial charge in [0.05, 0.1) is 11.0 Å². The predicted molar refractivity (Wildman–Crippen MR) is 215 cm³/mol. The molecule has 0 unspecified atom stereocenters. The molecule has 3 heterocycles. The van der Waals surface area contributed by atoms with Gasteiger partial charge in [-0.25, -0.2) is 15.0 Å². The summed E-state index contributed by atoms with van der Waals surface area (Å²) >= 11 is 0. The summed E-state index contributed by atoms with van der Waals surface area (Å²) < 4.78 is 8.62. The lowest BCUT2D eigenvalue weighted by molar-refractivity contribution is 0.661. The molecule has 0 amide bonds. The molecule has 0 aliphatic heterocycles. The van der Waals surface area contributed by atoms with Crippen molar-refractivity contribution >= 4 is 43.7 Å². The van der Waals surface area contributed by atoms with Crippen molar-refractivity contribution in [3.63, 3.8) is 0 Å². The van der Waals surface area contributed by atoms with E-state index in [0.717, 1.165) is 44.3 Å². The van der Waals surface area contributed by atoms with Gasteiger partial charge < -0.3 is 8.98 Å². The van der Waals surface area contributed by atoms with Gasteiger partial charge in [0.2, 0.25) is 0 Å². The number of rotatable bonds is 4. The zero-order valence-corrected chi connectivity index (χ0v) is 29.2. The number of fused-ring (bicyclic) bond motifs is 9. The summed E-state index contributed by atoms with van der Waals surface area (Å²) in [7, 11) is 0. The fraction of sp³-hybridized carbons (Fsp3) is 0.0625. The average Bonchev–Trinajstić information content (AvgIpc) is 3.83. The van der Waals surface area contributed by atoms with Gasteiger partial charge in [-0.05, 0) is 76.9 Å². The molecule has 0 saturated carbocycles. The highest BCUT2D eigenvalue weighted by Gasteiger charge is 2.36. The molecule has 5 nitrogen and oxygen atoms in total. The van der Waals surface area contributed by atoms with E-state index in [9.17, 15) is 0 Å². The highest BCUT2D eigenvalue weighted by atomic mass is 16.3. The lowest BCUT2D eigenvalue weighted by Crippen LogP contribution is -2.14. The van der Waals surface area contributed by atoms with Crippen molar-refractivity contribution in [3.05, 3.63) is 169 Å². The topological polar surface area (TPSA) is 56.7 Å². The summed E-state index contributed by atoms with van der Waals surface area (Å²) in [6, 6.07) is 55.3. The van der Waals surface area contributed by atoms with E-state index in [4.69, 9.17) is 19.4 Å². The first-order valence-electron chi connectivity index (χ1n) is 18.0. The molecule has 5 heteroatoms. The molecule has 0 saturated heterocycles. The quantitative estimate of drug-likeness (QED) is 0.186. The normalized spacial score (nSPS) is 13.2. The Bertz CT molecular complexity index is 3080. The summed E-state index contributed by atoms with van der Waals surface area (Å²) in [5, 5.41) is 4.55. The Morgan fingerprint density at radius 1 is 0.453 bits per heavy atom. The molecule has 0 fully saturated rings. The maximum absolute atomic E-state index is 6.23. The number of nitrogens with zero attached hydrogens (tertiary/aromatic N) is 4.